The SMILES string of the molecule is CC1CC(C(=O)NCC2CCCC2CN)CO1. The first-order valence-corrected chi connectivity index (χ1v) is 6.80. The molecule has 0 aromatic carbocycles. The lowest BCUT2D eigenvalue weighted by Gasteiger charge is -2.19. The van der Waals surface area contributed by atoms with Crippen molar-refractivity contribution in [2.75, 3.05) is 19.7 Å². The van der Waals surface area contributed by atoms with Gasteiger partial charge in [-0.3, -0.25) is 4.79 Å². The first-order valence-electron chi connectivity index (χ1n) is 6.80. The molecule has 17 heavy (non-hydrogen) atoms. The number of ether oxygens (including phenoxy) is 1. The molecule has 0 radical (unpaired) electrons. The van der Waals surface area contributed by atoms with Gasteiger partial charge >= 0.3 is 0 Å². The molecule has 1 heterocycles. The highest BCUT2D eigenvalue weighted by Gasteiger charge is 2.30. The molecule has 0 aromatic heterocycles. The molecule has 1 amide bonds. The molecule has 2 fully saturated rings. The van der Waals surface area contributed by atoms with Gasteiger partial charge in [0.25, 0.3) is 0 Å². The van der Waals surface area contributed by atoms with Gasteiger partial charge in [0.1, 0.15) is 0 Å². The van der Waals surface area contributed by atoms with Crippen molar-refractivity contribution < 1.29 is 9.53 Å². The molecule has 0 spiro atoms. The molecule has 2 aliphatic rings. The highest BCUT2D eigenvalue weighted by molar-refractivity contribution is 5.79. The predicted octanol–water partition coefficient (Wildman–Crippen LogP) is 0.903. The molecule has 0 bridgehead atoms. The van der Waals surface area contributed by atoms with E-state index >= 15 is 0 Å². The molecule has 3 N–H and O–H groups in total. The summed E-state index contributed by atoms with van der Waals surface area (Å²) in [6.07, 6.45) is 4.78. The van der Waals surface area contributed by atoms with Crippen molar-refractivity contribution in [2.24, 2.45) is 23.5 Å². The Kier molecular flexibility index (Phi) is 4.40. The molecular formula is C13H24N2O2. The van der Waals surface area contributed by atoms with Gasteiger partial charge in [-0.1, -0.05) is 6.42 Å². The number of carbonyl (C=O) groups is 1. The normalized spacial score (nSPS) is 37.3. The van der Waals surface area contributed by atoms with Gasteiger partial charge in [0.05, 0.1) is 18.6 Å². The Morgan fingerprint density at radius 1 is 1.41 bits per heavy atom. The van der Waals surface area contributed by atoms with Crippen LogP contribution in [0.3, 0.4) is 0 Å². The zero-order chi connectivity index (χ0) is 12.3. The number of amides is 1. The zero-order valence-corrected chi connectivity index (χ0v) is 10.7. The molecule has 4 heteroatoms. The van der Waals surface area contributed by atoms with Crippen molar-refractivity contribution in [3.05, 3.63) is 0 Å². The monoisotopic (exact) mass is 240 g/mol. The minimum atomic E-state index is 0.0581. The average Bonchev–Trinajstić information content (AvgIpc) is 2.94. The van der Waals surface area contributed by atoms with Gasteiger partial charge in [-0.25, -0.2) is 0 Å². The van der Waals surface area contributed by atoms with Crippen LogP contribution in [0.5, 0.6) is 0 Å². The highest BCUT2D eigenvalue weighted by Crippen LogP contribution is 2.30. The second-order valence-corrected chi connectivity index (χ2v) is 5.51. The molecule has 1 aliphatic carbocycles. The fourth-order valence-corrected chi connectivity index (χ4v) is 3.07. The van der Waals surface area contributed by atoms with Crippen molar-refractivity contribution >= 4 is 5.91 Å². The largest absolute Gasteiger partial charge is 0.378 e. The predicted molar refractivity (Wildman–Crippen MR) is 66.4 cm³/mol. The lowest BCUT2D eigenvalue weighted by atomic mass is 9.96. The number of carbonyl (C=O) groups excluding carboxylic acids is 1. The maximum Gasteiger partial charge on any atom is 0.225 e. The van der Waals surface area contributed by atoms with E-state index in [0.717, 1.165) is 19.5 Å². The summed E-state index contributed by atoms with van der Waals surface area (Å²) in [4.78, 5) is 11.9. The van der Waals surface area contributed by atoms with E-state index in [1.807, 2.05) is 6.92 Å². The summed E-state index contributed by atoms with van der Waals surface area (Å²) >= 11 is 0. The first kappa shape index (κ1) is 12.8. The lowest BCUT2D eigenvalue weighted by Crippen LogP contribution is -2.36. The Hall–Kier alpha value is -0.610. The van der Waals surface area contributed by atoms with Gasteiger partial charge in [-0.15, -0.1) is 0 Å². The second-order valence-electron chi connectivity index (χ2n) is 5.51. The van der Waals surface area contributed by atoms with E-state index in [-0.39, 0.29) is 17.9 Å². The maximum atomic E-state index is 11.9. The molecule has 1 aliphatic heterocycles. The summed E-state index contributed by atoms with van der Waals surface area (Å²) in [6, 6.07) is 0. The summed E-state index contributed by atoms with van der Waals surface area (Å²) in [7, 11) is 0. The molecule has 4 nitrogen and oxygen atoms in total. The van der Waals surface area contributed by atoms with Crippen molar-refractivity contribution in [1.29, 1.82) is 0 Å². The quantitative estimate of drug-likeness (QED) is 0.767. The topological polar surface area (TPSA) is 64.4 Å². The molecule has 0 aromatic rings. The van der Waals surface area contributed by atoms with E-state index in [1.165, 1.54) is 19.3 Å². The standard InChI is InChI=1S/C13H24N2O2/c1-9-5-12(8-17-9)13(16)15-7-11-4-2-3-10(11)6-14/h9-12H,2-8,14H2,1H3,(H,15,16). The van der Waals surface area contributed by atoms with Crippen molar-refractivity contribution in [1.82, 2.24) is 5.32 Å². The van der Waals surface area contributed by atoms with Crippen molar-refractivity contribution in [3.63, 3.8) is 0 Å². The Labute approximate surface area is 103 Å². The summed E-state index contributed by atoms with van der Waals surface area (Å²) in [5, 5.41) is 3.08. The zero-order valence-electron chi connectivity index (χ0n) is 10.7. The molecule has 2 rings (SSSR count). The summed E-state index contributed by atoms with van der Waals surface area (Å²) in [5.41, 5.74) is 5.74. The lowest BCUT2D eigenvalue weighted by molar-refractivity contribution is -0.125. The van der Waals surface area contributed by atoms with Crippen LogP contribution in [-0.2, 0) is 9.53 Å². The van der Waals surface area contributed by atoms with Crippen LogP contribution in [0.4, 0.5) is 0 Å². The van der Waals surface area contributed by atoms with Gasteiger partial charge in [0.2, 0.25) is 5.91 Å². The van der Waals surface area contributed by atoms with Crippen LogP contribution >= 0.6 is 0 Å². The number of rotatable bonds is 4. The number of hydrogen-bond acceptors (Lipinski definition) is 3. The molecular weight excluding hydrogens is 216 g/mol. The van der Waals surface area contributed by atoms with E-state index in [0.29, 0.717) is 18.4 Å². The average molecular weight is 240 g/mol. The van der Waals surface area contributed by atoms with Gasteiger partial charge in [-0.05, 0) is 44.6 Å². The Balaban J connectivity index is 1.72. The Morgan fingerprint density at radius 3 is 2.82 bits per heavy atom. The van der Waals surface area contributed by atoms with Crippen LogP contribution in [0.25, 0.3) is 0 Å². The van der Waals surface area contributed by atoms with Crippen LogP contribution < -0.4 is 11.1 Å². The Morgan fingerprint density at radius 2 is 2.18 bits per heavy atom. The van der Waals surface area contributed by atoms with Crippen LogP contribution in [0.15, 0.2) is 0 Å². The second kappa shape index (κ2) is 5.83. The van der Waals surface area contributed by atoms with Gasteiger partial charge in [0.15, 0.2) is 0 Å². The third-order valence-corrected chi connectivity index (χ3v) is 4.23. The third kappa shape index (κ3) is 3.19. The van der Waals surface area contributed by atoms with E-state index < -0.39 is 0 Å². The minimum Gasteiger partial charge on any atom is -0.378 e. The molecule has 4 atom stereocenters. The number of hydrogen-bond donors (Lipinski definition) is 2. The van der Waals surface area contributed by atoms with E-state index in [9.17, 15) is 4.79 Å². The van der Waals surface area contributed by atoms with Crippen molar-refractivity contribution in [2.45, 2.75) is 38.7 Å². The minimum absolute atomic E-state index is 0.0581. The van der Waals surface area contributed by atoms with Gasteiger partial charge < -0.3 is 15.8 Å². The van der Waals surface area contributed by atoms with Crippen LogP contribution in [0, 0.1) is 17.8 Å². The van der Waals surface area contributed by atoms with E-state index in [1.54, 1.807) is 0 Å². The summed E-state index contributed by atoms with van der Waals surface area (Å²) in [5.74, 6) is 1.41. The molecule has 1 saturated heterocycles. The van der Waals surface area contributed by atoms with Crippen LogP contribution in [0.1, 0.15) is 32.6 Å². The fourth-order valence-electron chi connectivity index (χ4n) is 3.07. The van der Waals surface area contributed by atoms with Gasteiger partial charge in [0, 0.05) is 6.54 Å². The number of nitrogens with two attached hydrogens (primary N) is 1. The van der Waals surface area contributed by atoms with E-state index in [2.05, 4.69) is 5.32 Å². The summed E-state index contributed by atoms with van der Waals surface area (Å²) in [6.45, 7) is 4.16. The maximum absolute atomic E-state index is 11.9. The van der Waals surface area contributed by atoms with Crippen LogP contribution in [0.2, 0.25) is 0 Å². The van der Waals surface area contributed by atoms with Crippen LogP contribution in [-0.4, -0.2) is 31.7 Å². The summed E-state index contributed by atoms with van der Waals surface area (Å²) < 4.78 is 5.42. The molecule has 98 valence electrons. The Bertz CT molecular complexity index is 270. The number of nitrogens with one attached hydrogen (secondary N) is 1. The highest BCUT2D eigenvalue weighted by atomic mass is 16.5. The third-order valence-electron chi connectivity index (χ3n) is 4.23. The molecule has 1 saturated carbocycles. The smallest absolute Gasteiger partial charge is 0.225 e. The van der Waals surface area contributed by atoms with Crippen molar-refractivity contribution in [3.8, 4) is 0 Å². The van der Waals surface area contributed by atoms with E-state index in [4.69, 9.17) is 10.5 Å². The fraction of sp³-hybridized carbons (Fsp3) is 0.923. The van der Waals surface area contributed by atoms with Gasteiger partial charge in [-0.2, -0.15) is 0 Å². The first-order chi connectivity index (χ1) is 8.20. The molecule has 4 unspecified atom stereocenters.